The SMILES string of the molecule is COC1CN(C)C(=O)C2(CCN(CC(=O)Nc3ccc(Cl)c(C(=O)O)c3)CC2)C1. The molecule has 0 bridgehead atoms. The fourth-order valence-electron chi connectivity index (χ4n) is 4.27. The molecular weight excluding hydrogens is 398 g/mol. The molecule has 2 heterocycles. The van der Waals surface area contributed by atoms with E-state index in [1.807, 2.05) is 11.9 Å². The fraction of sp³-hybridized carbons (Fsp3) is 0.550. The number of benzene rings is 1. The maximum absolute atomic E-state index is 12.8. The molecule has 2 saturated heterocycles. The average Bonchev–Trinajstić information content (AvgIpc) is 2.68. The molecule has 0 aromatic heterocycles. The highest BCUT2D eigenvalue weighted by atomic mass is 35.5. The number of amides is 2. The summed E-state index contributed by atoms with van der Waals surface area (Å²) in [6, 6.07) is 4.36. The lowest BCUT2D eigenvalue weighted by molar-refractivity contribution is -0.155. The Bertz CT molecular complexity index is 807. The summed E-state index contributed by atoms with van der Waals surface area (Å²) in [7, 11) is 3.49. The first-order valence-electron chi connectivity index (χ1n) is 9.57. The molecule has 1 atom stereocenters. The first-order chi connectivity index (χ1) is 13.7. The van der Waals surface area contributed by atoms with Gasteiger partial charge in [-0.25, -0.2) is 4.79 Å². The molecule has 0 saturated carbocycles. The number of likely N-dealkylation sites (tertiary alicyclic amines) is 2. The highest BCUT2D eigenvalue weighted by molar-refractivity contribution is 6.33. The largest absolute Gasteiger partial charge is 0.478 e. The molecule has 1 unspecified atom stereocenters. The Balaban J connectivity index is 1.57. The number of nitrogens with one attached hydrogen (secondary N) is 1. The summed E-state index contributed by atoms with van der Waals surface area (Å²) in [5, 5.41) is 12.0. The van der Waals surface area contributed by atoms with Crippen LogP contribution in [0.5, 0.6) is 0 Å². The number of carboxylic acids is 1. The van der Waals surface area contributed by atoms with Crippen molar-refractivity contribution in [2.75, 3.05) is 45.7 Å². The zero-order chi connectivity index (χ0) is 21.2. The van der Waals surface area contributed by atoms with Crippen molar-refractivity contribution in [1.29, 1.82) is 0 Å². The summed E-state index contributed by atoms with van der Waals surface area (Å²) in [6.07, 6.45) is 2.14. The van der Waals surface area contributed by atoms with Crippen LogP contribution in [0.4, 0.5) is 5.69 Å². The third-order valence-corrected chi connectivity index (χ3v) is 6.22. The molecule has 1 aromatic carbocycles. The number of aromatic carboxylic acids is 1. The quantitative estimate of drug-likeness (QED) is 0.750. The highest BCUT2D eigenvalue weighted by Gasteiger charge is 2.47. The smallest absolute Gasteiger partial charge is 0.337 e. The minimum Gasteiger partial charge on any atom is -0.478 e. The summed E-state index contributed by atoms with van der Waals surface area (Å²) >= 11 is 5.86. The van der Waals surface area contributed by atoms with Crippen molar-refractivity contribution < 1.29 is 24.2 Å². The van der Waals surface area contributed by atoms with Crippen LogP contribution in [0, 0.1) is 5.41 Å². The molecule has 9 heteroatoms. The van der Waals surface area contributed by atoms with E-state index >= 15 is 0 Å². The van der Waals surface area contributed by atoms with Crippen LogP contribution in [0.1, 0.15) is 29.6 Å². The standard InChI is InChI=1S/C20H26ClN3O5/c1-23-11-14(29-2)10-20(19(23)28)5-7-24(8-6-20)12-17(25)22-13-3-4-16(21)15(9-13)18(26)27/h3-4,9,14H,5-8,10-12H2,1-2H3,(H,22,25)(H,26,27). The summed E-state index contributed by atoms with van der Waals surface area (Å²) in [6.45, 7) is 2.08. The predicted octanol–water partition coefficient (Wildman–Crippen LogP) is 1.94. The summed E-state index contributed by atoms with van der Waals surface area (Å²) in [5.74, 6) is -1.22. The number of methoxy groups -OCH3 is 1. The zero-order valence-corrected chi connectivity index (χ0v) is 17.4. The molecule has 1 aromatic rings. The average molecular weight is 424 g/mol. The second-order valence-electron chi connectivity index (χ2n) is 7.85. The van der Waals surface area contributed by atoms with Crippen LogP contribution in [0.15, 0.2) is 18.2 Å². The first-order valence-corrected chi connectivity index (χ1v) is 9.95. The molecule has 2 fully saturated rings. The van der Waals surface area contributed by atoms with E-state index in [1.54, 1.807) is 18.1 Å². The van der Waals surface area contributed by atoms with Gasteiger partial charge in [-0.05, 0) is 50.6 Å². The van der Waals surface area contributed by atoms with Gasteiger partial charge in [-0.15, -0.1) is 0 Å². The maximum atomic E-state index is 12.8. The number of carboxylic acid groups (broad SMARTS) is 1. The number of piperidine rings is 2. The number of anilines is 1. The molecule has 29 heavy (non-hydrogen) atoms. The summed E-state index contributed by atoms with van der Waals surface area (Å²) in [5.41, 5.74) is -0.0814. The van der Waals surface area contributed by atoms with Crippen LogP contribution in [0.3, 0.4) is 0 Å². The molecule has 2 N–H and O–H groups in total. The van der Waals surface area contributed by atoms with Crippen molar-refractivity contribution >= 4 is 35.1 Å². The van der Waals surface area contributed by atoms with E-state index in [1.165, 1.54) is 12.1 Å². The van der Waals surface area contributed by atoms with Gasteiger partial charge in [-0.3, -0.25) is 14.5 Å². The van der Waals surface area contributed by atoms with Crippen molar-refractivity contribution in [2.24, 2.45) is 5.41 Å². The van der Waals surface area contributed by atoms with Crippen LogP contribution in [-0.4, -0.2) is 79.1 Å². The second-order valence-corrected chi connectivity index (χ2v) is 8.26. The zero-order valence-electron chi connectivity index (χ0n) is 16.6. The van der Waals surface area contributed by atoms with Crippen molar-refractivity contribution in [2.45, 2.75) is 25.4 Å². The van der Waals surface area contributed by atoms with Gasteiger partial charge in [-0.2, -0.15) is 0 Å². The number of hydrogen-bond acceptors (Lipinski definition) is 5. The van der Waals surface area contributed by atoms with E-state index < -0.39 is 11.4 Å². The fourth-order valence-corrected chi connectivity index (χ4v) is 4.46. The van der Waals surface area contributed by atoms with E-state index in [-0.39, 0.29) is 35.0 Å². The number of likely N-dealkylation sites (N-methyl/N-ethyl adjacent to an activating group) is 1. The molecule has 3 rings (SSSR count). The van der Waals surface area contributed by atoms with Gasteiger partial charge in [0.2, 0.25) is 11.8 Å². The van der Waals surface area contributed by atoms with Gasteiger partial charge in [0.05, 0.1) is 28.6 Å². The number of hydrogen-bond donors (Lipinski definition) is 2. The lowest BCUT2D eigenvalue weighted by Crippen LogP contribution is -2.57. The number of carbonyl (C=O) groups is 3. The minimum absolute atomic E-state index is 0.0425. The Hall–Kier alpha value is -2.16. The van der Waals surface area contributed by atoms with Crippen molar-refractivity contribution in [3.8, 4) is 0 Å². The lowest BCUT2D eigenvalue weighted by atomic mass is 9.71. The summed E-state index contributed by atoms with van der Waals surface area (Å²) in [4.78, 5) is 40.1. The summed E-state index contributed by atoms with van der Waals surface area (Å²) < 4.78 is 5.51. The Kier molecular flexibility index (Phi) is 6.45. The Labute approximate surface area is 174 Å². The third-order valence-electron chi connectivity index (χ3n) is 5.89. The molecule has 2 aliphatic rings. The van der Waals surface area contributed by atoms with Crippen molar-refractivity contribution in [3.05, 3.63) is 28.8 Å². The van der Waals surface area contributed by atoms with E-state index in [9.17, 15) is 14.4 Å². The molecule has 0 aliphatic carbocycles. The first kappa shape index (κ1) is 21.5. The van der Waals surface area contributed by atoms with Gasteiger partial charge < -0.3 is 20.1 Å². The van der Waals surface area contributed by atoms with Gasteiger partial charge >= 0.3 is 5.97 Å². The molecular formula is C20H26ClN3O5. The van der Waals surface area contributed by atoms with Gasteiger partial charge in [0.15, 0.2) is 0 Å². The van der Waals surface area contributed by atoms with Gasteiger partial charge in [-0.1, -0.05) is 11.6 Å². The van der Waals surface area contributed by atoms with Crippen LogP contribution < -0.4 is 5.32 Å². The number of nitrogens with zero attached hydrogens (tertiary/aromatic N) is 2. The van der Waals surface area contributed by atoms with Gasteiger partial charge in [0.25, 0.3) is 0 Å². The minimum atomic E-state index is -1.15. The topological polar surface area (TPSA) is 99.2 Å². The number of rotatable bonds is 5. The predicted molar refractivity (Wildman–Crippen MR) is 108 cm³/mol. The van der Waals surface area contributed by atoms with Gasteiger partial charge in [0.1, 0.15) is 0 Å². The Morgan fingerprint density at radius 2 is 2.03 bits per heavy atom. The van der Waals surface area contributed by atoms with E-state index in [0.29, 0.717) is 38.2 Å². The lowest BCUT2D eigenvalue weighted by Gasteiger charge is -2.47. The Morgan fingerprint density at radius 1 is 1.34 bits per heavy atom. The number of halogens is 1. The number of carbonyl (C=O) groups excluding carboxylic acids is 2. The van der Waals surface area contributed by atoms with E-state index in [0.717, 1.165) is 6.42 Å². The van der Waals surface area contributed by atoms with E-state index in [2.05, 4.69) is 5.32 Å². The second kappa shape index (κ2) is 8.69. The van der Waals surface area contributed by atoms with Crippen LogP contribution in [-0.2, 0) is 14.3 Å². The number of ether oxygens (including phenoxy) is 1. The monoisotopic (exact) mass is 423 g/mol. The van der Waals surface area contributed by atoms with Crippen molar-refractivity contribution in [1.82, 2.24) is 9.80 Å². The molecule has 2 aliphatic heterocycles. The van der Waals surface area contributed by atoms with Gasteiger partial charge in [0, 0.05) is 26.4 Å². The Morgan fingerprint density at radius 3 is 2.66 bits per heavy atom. The van der Waals surface area contributed by atoms with Crippen LogP contribution in [0.2, 0.25) is 5.02 Å². The van der Waals surface area contributed by atoms with E-state index in [4.69, 9.17) is 21.4 Å². The molecule has 1 spiro atoms. The highest BCUT2D eigenvalue weighted by Crippen LogP contribution is 2.41. The molecule has 158 valence electrons. The normalized spacial score (nSPS) is 22.0. The molecule has 8 nitrogen and oxygen atoms in total. The van der Waals surface area contributed by atoms with Crippen LogP contribution in [0.25, 0.3) is 0 Å². The maximum Gasteiger partial charge on any atom is 0.337 e. The third kappa shape index (κ3) is 4.71. The van der Waals surface area contributed by atoms with Crippen LogP contribution >= 0.6 is 11.6 Å². The van der Waals surface area contributed by atoms with Crippen molar-refractivity contribution in [3.63, 3.8) is 0 Å². The molecule has 0 radical (unpaired) electrons. The molecule has 2 amide bonds.